The molecule has 0 aliphatic carbocycles. The highest BCUT2D eigenvalue weighted by Crippen LogP contribution is 2.21. The number of rotatable bonds is 8. The van der Waals surface area contributed by atoms with Gasteiger partial charge in [-0.3, -0.25) is 9.59 Å². The van der Waals surface area contributed by atoms with E-state index in [1.165, 1.54) is 35.5 Å². The summed E-state index contributed by atoms with van der Waals surface area (Å²) in [7, 11) is -3.53. The molecule has 0 saturated carbocycles. The van der Waals surface area contributed by atoms with E-state index in [9.17, 15) is 22.8 Å². The van der Waals surface area contributed by atoms with E-state index in [2.05, 4.69) is 5.32 Å². The number of anilines is 1. The van der Waals surface area contributed by atoms with Crippen LogP contribution >= 0.6 is 0 Å². The van der Waals surface area contributed by atoms with Gasteiger partial charge in [-0.1, -0.05) is 25.0 Å². The van der Waals surface area contributed by atoms with Crippen LogP contribution in [-0.4, -0.2) is 50.1 Å². The zero-order chi connectivity index (χ0) is 24.6. The average molecular weight is 485 g/mol. The molecule has 8 nitrogen and oxygen atoms in total. The van der Waals surface area contributed by atoms with Crippen molar-refractivity contribution < 1.29 is 27.5 Å². The molecule has 0 spiro atoms. The maximum absolute atomic E-state index is 12.8. The minimum Gasteiger partial charge on any atom is -0.452 e. The van der Waals surface area contributed by atoms with Gasteiger partial charge in [0.1, 0.15) is 0 Å². The maximum atomic E-state index is 12.8. The number of nitrogens with one attached hydrogen (secondary N) is 1. The second-order valence-corrected chi connectivity index (χ2v) is 9.95. The van der Waals surface area contributed by atoms with Crippen LogP contribution in [-0.2, 0) is 24.3 Å². The van der Waals surface area contributed by atoms with E-state index in [1.54, 1.807) is 36.4 Å². The molecule has 0 unspecified atom stereocenters. The van der Waals surface area contributed by atoms with Crippen LogP contribution in [0.2, 0.25) is 0 Å². The van der Waals surface area contributed by atoms with Gasteiger partial charge in [0.15, 0.2) is 12.4 Å². The quantitative estimate of drug-likeness (QED) is 0.348. The first-order chi connectivity index (χ1) is 16.3. The Kier molecular flexibility index (Phi) is 8.72. The van der Waals surface area contributed by atoms with Gasteiger partial charge in [-0.05, 0) is 67.8 Å². The number of nitrogens with zero attached hydrogens (tertiary/aromatic N) is 1. The van der Waals surface area contributed by atoms with Crippen LogP contribution in [0.25, 0.3) is 6.08 Å². The van der Waals surface area contributed by atoms with Crippen LogP contribution in [0.15, 0.2) is 59.5 Å². The fraction of sp³-hybridized carbons (Fsp3) is 0.320. The van der Waals surface area contributed by atoms with Crippen LogP contribution in [0.3, 0.4) is 0 Å². The molecule has 1 aliphatic heterocycles. The molecule has 2 aromatic rings. The Labute approximate surface area is 199 Å². The summed E-state index contributed by atoms with van der Waals surface area (Å²) in [5, 5.41) is 2.58. The summed E-state index contributed by atoms with van der Waals surface area (Å²) < 4.78 is 32.1. The fourth-order valence-corrected chi connectivity index (χ4v) is 5.03. The van der Waals surface area contributed by atoms with E-state index < -0.39 is 28.5 Å². The summed E-state index contributed by atoms with van der Waals surface area (Å²) in [6, 6.07) is 12.7. The third-order valence-corrected chi connectivity index (χ3v) is 7.33. The summed E-state index contributed by atoms with van der Waals surface area (Å²) in [6.45, 7) is 2.05. The number of Topliss-reactive ketones (excluding diaryl/α,β-unsaturated/α-hetero) is 1. The van der Waals surface area contributed by atoms with Gasteiger partial charge in [-0.25, -0.2) is 13.2 Å². The molecule has 0 radical (unpaired) electrons. The van der Waals surface area contributed by atoms with E-state index in [0.29, 0.717) is 29.9 Å². The highest BCUT2D eigenvalue weighted by molar-refractivity contribution is 7.89. The summed E-state index contributed by atoms with van der Waals surface area (Å²) in [6.07, 6.45) is 6.48. The molecule has 3 rings (SSSR count). The van der Waals surface area contributed by atoms with Gasteiger partial charge in [0, 0.05) is 30.4 Å². The standard InChI is InChI=1S/C25H28N2O6S/c1-19(28)21-9-11-22(12-10-21)26-24(29)18-33-25(30)15-8-20-6-13-23(14-7-20)34(31,32)27-16-4-2-3-5-17-27/h6-15H,2-5,16-18H2,1H3,(H,26,29)/b15-8+. The minimum atomic E-state index is -3.53. The lowest BCUT2D eigenvalue weighted by Crippen LogP contribution is -2.31. The van der Waals surface area contributed by atoms with Crippen molar-refractivity contribution >= 4 is 39.4 Å². The lowest BCUT2D eigenvalue weighted by Gasteiger charge is -2.19. The maximum Gasteiger partial charge on any atom is 0.331 e. The SMILES string of the molecule is CC(=O)c1ccc(NC(=O)COC(=O)/C=C/c2ccc(S(=O)(=O)N3CCCCCC3)cc2)cc1. The predicted octanol–water partition coefficient (Wildman–Crippen LogP) is 3.65. The smallest absolute Gasteiger partial charge is 0.331 e. The minimum absolute atomic E-state index is 0.0766. The third kappa shape index (κ3) is 7.10. The number of carbonyl (C=O) groups excluding carboxylic acids is 3. The van der Waals surface area contributed by atoms with E-state index in [4.69, 9.17) is 4.74 Å². The van der Waals surface area contributed by atoms with Gasteiger partial charge >= 0.3 is 5.97 Å². The molecule has 1 heterocycles. The predicted molar refractivity (Wildman–Crippen MR) is 129 cm³/mol. The molecule has 9 heteroatoms. The first-order valence-electron chi connectivity index (χ1n) is 11.1. The van der Waals surface area contributed by atoms with Crippen LogP contribution in [0.4, 0.5) is 5.69 Å². The van der Waals surface area contributed by atoms with Gasteiger partial charge in [0.2, 0.25) is 10.0 Å². The number of ether oxygens (including phenoxy) is 1. The van der Waals surface area contributed by atoms with Gasteiger partial charge in [-0.15, -0.1) is 0 Å². The molecule has 0 aromatic heterocycles. The molecule has 180 valence electrons. The van der Waals surface area contributed by atoms with Crippen molar-refractivity contribution in [1.29, 1.82) is 0 Å². The molecular formula is C25H28N2O6S. The zero-order valence-electron chi connectivity index (χ0n) is 19.0. The molecule has 1 N–H and O–H groups in total. The monoisotopic (exact) mass is 484 g/mol. The van der Waals surface area contributed by atoms with Gasteiger partial charge < -0.3 is 10.1 Å². The van der Waals surface area contributed by atoms with Crippen molar-refractivity contribution in [2.45, 2.75) is 37.5 Å². The number of esters is 1. The Hall–Kier alpha value is -3.30. The van der Waals surface area contributed by atoms with Crippen molar-refractivity contribution in [3.8, 4) is 0 Å². The molecule has 1 fully saturated rings. The topological polar surface area (TPSA) is 110 Å². The number of benzene rings is 2. The van der Waals surface area contributed by atoms with E-state index >= 15 is 0 Å². The first kappa shape index (κ1) is 25.3. The Balaban J connectivity index is 1.49. The second kappa shape index (κ2) is 11.7. The van der Waals surface area contributed by atoms with Gasteiger partial charge in [-0.2, -0.15) is 4.31 Å². The zero-order valence-corrected chi connectivity index (χ0v) is 19.8. The Morgan fingerprint density at radius 1 is 0.941 bits per heavy atom. The van der Waals surface area contributed by atoms with Crippen molar-refractivity contribution in [3.63, 3.8) is 0 Å². The third-order valence-electron chi connectivity index (χ3n) is 5.42. The number of amides is 1. The van der Waals surface area contributed by atoms with Crippen molar-refractivity contribution in [3.05, 3.63) is 65.7 Å². The van der Waals surface area contributed by atoms with E-state index in [-0.39, 0.29) is 10.7 Å². The molecule has 1 amide bonds. The molecule has 34 heavy (non-hydrogen) atoms. The number of carbonyl (C=O) groups is 3. The second-order valence-electron chi connectivity index (χ2n) is 8.01. The first-order valence-corrected chi connectivity index (χ1v) is 12.6. The van der Waals surface area contributed by atoms with Crippen molar-refractivity contribution in [1.82, 2.24) is 4.31 Å². The number of hydrogen-bond acceptors (Lipinski definition) is 6. The highest BCUT2D eigenvalue weighted by atomic mass is 32.2. The van der Waals surface area contributed by atoms with Gasteiger partial charge in [0.05, 0.1) is 4.90 Å². The van der Waals surface area contributed by atoms with Gasteiger partial charge in [0.25, 0.3) is 5.91 Å². The molecular weight excluding hydrogens is 456 g/mol. The van der Waals surface area contributed by atoms with Crippen LogP contribution in [0, 0.1) is 0 Å². The Bertz CT molecular complexity index is 1150. The Morgan fingerprint density at radius 3 is 2.15 bits per heavy atom. The molecule has 2 aromatic carbocycles. The molecule has 1 saturated heterocycles. The summed E-state index contributed by atoms with van der Waals surface area (Å²) >= 11 is 0. The largest absolute Gasteiger partial charge is 0.452 e. The number of sulfonamides is 1. The van der Waals surface area contributed by atoms with Crippen molar-refractivity contribution in [2.24, 2.45) is 0 Å². The average Bonchev–Trinajstić information content (AvgIpc) is 3.12. The molecule has 1 aliphatic rings. The summed E-state index contributed by atoms with van der Waals surface area (Å²) in [5.74, 6) is -1.30. The number of hydrogen-bond donors (Lipinski definition) is 1. The molecule has 0 bridgehead atoms. The van der Waals surface area contributed by atoms with E-state index in [0.717, 1.165) is 25.7 Å². The molecule has 0 atom stereocenters. The normalized spacial score (nSPS) is 15.0. The number of ketones is 1. The summed E-state index contributed by atoms with van der Waals surface area (Å²) in [5.41, 5.74) is 1.64. The highest BCUT2D eigenvalue weighted by Gasteiger charge is 2.24. The van der Waals surface area contributed by atoms with Crippen LogP contribution < -0.4 is 5.32 Å². The van der Waals surface area contributed by atoms with E-state index in [1.807, 2.05) is 0 Å². The lowest BCUT2D eigenvalue weighted by atomic mass is 10.1. The van der Waals surface area contributed by atoms with Crippen molar-refractivity contribution in [2.75, 3.05) is 25.0 Å². The van der Waals surface area contributed by atoms with Crippen LogP contribution in [0.5, 0.6) is 0 Å². The van der Waals surface area contributed by atoms with Crippen LogP contribution in [0.1, 0.15) is 48.5 Å². The lowest BCUT2D eigenvalue weighted by molar-refractivity contribution is -0.142. The fourth-order valence-electron chi connectivity index (χ4n) is 3.52. The Morgan fingerprint density at radius 2 is 1.56 bits per heavy atom. The summed E-state index contributed by atoms with van der Waals surface area (Å²) in [4.78, 5) is 35.4.